The van der Waals surface area contributed by atoms with Gasteiger partial charge in [0.2, 0.25) is 0 Å². The lowest BCUT2D eigenvalue weighted by Crippen LogP contribution is -2.59. The normalized spacial score (nSPS) is 42.4. The monoisotopic (exact) mass is 438 g/mol. The third kappa shape index (κ3) is 6.10. The summed E-state index contributed by atoms with van der Waals surface area (Å²) >= 11 is 0. The second-order valence-electron chi connectivity index (χ2n) is 8.07. The Labute approximate surface area is 177 Å². The van der Waals surface area contributed by atoms with Crippen LogP contribution in [0.2, 0.25) is 0 Å². The van der Waals surface area contributed by atoms with Crippen molar-refractivity contribution in [3.8, 4) is 0 Å². The van der Waals surface area contributed by atoms with Crippen molar-refractivity contribution in [2.24, 2.45) is 11.8 Å². The molecule has 0 aromatic rings. The minimum Gasteiger partial charge on any atom is -0.394 e. The predicted octanol–water partition coefficient (Wildman–Crippen LogP) is -1.96. The van der Waals surface area contributed by atoms with Gasteiger partial charge in [0.15, 0.2) is 0 Å². The summed E-state index contributed by atoms with van der Waals surface area (Å²) in [7, 11) is 0. The molecule has 2 rings (SSSR count). The molecule has 0 saturated carbocycles. The first-order valence-corrected chi connectivity index (χ1v) is 10.8. The number of hydrogen-bond donors (Lipinski definition) is 6. The van der Waals surface area contributed by atoms with Gasteiger partial charge in [-0.25, -0.2) is 0 Å². The zero-order chi connectivity index (χ0) is 22.3. The van der Waals surface area contributed by atoms with E-state index in [1.165, 1.54) is 0 Å². The summed E-state index contributed by atoms with van der Waals surface area (Å²) in [5.74, 6) is -1.23. The summed E-state index contributed by atoms with van der Waals surface area (Å²) in [6, 6.07) is 0. The van der Waals surface area contributed by atoms with Crippen LogP contribution in [0.15, 0.2) is 0 Å². The van der Waals surface area contributed by atoms with Gasteiger partial charge in [-0.05, 0) is 13.3 Å². The first-order valence-electron chi connectivity index (χ1n) is 10.8. The Kier molecular flexibility index (Phi) is 10.9. The summed E-state index contributed by atoms with van der Waals surface area (Å²) in [6.45, 7) is 3.51. The number of aliphatic hydroxyl groups is 6. The highest BCUT2D eigenvalue weighted by Crippen LogP contribution is 2.30. The molecule has 10 nitrogen and oxygen atoms in total. The van der Waals surface area contributed by atoms with Crippen LogP contribution in [0.5, 0.6) is 0 Å². The number of hydrogen-bond acceptors (Lipinski definition) is 10. The highest BCUT2D eigenvalue weighted by Gasteiger charge is 2.46. The van der Waals surface area contributed by atoms with Gasteiger partial charge in [-0.1, -0.05) is 13.3 Å². The maximum Gasteiger partial charge on any atom is 0.110 e. The van der Waals surface area contributed by atoms with Crippen LogP contribution in [0.4, 0.5) is 0 Å². The second-order valence-corrected chi connectivity index (χ2v) is 8.07. The van der Waals surface area contributed by atoms with Crippen molar-refractivity contribution in [2.75, 3.05) is 39.6 Å². The van der Waals surface area contributed by atoms with E-state index in [0.29, 0.717) is 13.0 Å². The van der Waals surface area contributed by atoms with Crippen LogP contribution in [0.25, 0.3) is 0 Å². The van der Waals surface area contributed by atoms with Gasteiger partial charge in [-0.15, -0.1) is 0 Å². The number of ether oxygens (including phenoxy) is 4. The fourth-order valence-corrected chi connectivity index (χ4v) is 4.20. The van der Waals surface area contributed by atoms with Gasteiger partial charge in [0.05, 0.1) is 63.6 Å². The Bertz CT molecular complexity index is 477. The Morgan fingerprint density at radius 3 is 1.63 bits per heavy atom. The lowest BCUT2D eigenvalue weighted by molar-refractivity contribution is -0.239. The Morgan fingerprint density at radius 2 is 1.13 bits per heavy atom. The van der Waals surface area contributed by atoms with E-state index >= 15 is 0 Å². The van der Waals surface area contributed by atoms with E-state index in [9.17, 15) is 30.6 Å². The van der Waals surface area contributed by atoms with Crippen LogP contribution >= 0.6 is 0 Å². The molecule has 0 bridgehead atoms. The molecule has 10 atom stereocenters. The van der Waals surface area contributed by atoms with E-state index < -0.39 is 60.7 Å². The van der Waals surface area contributed by atoms with Crippen LogP contribution in [-0.4, -0.2) is 119 Å². The molecular weight excluding hydrogens is 400 g/mol. The van der Waals surface area contributed by atoms with Crippen molar-refractivity contribution < 1.29 is 49.6 Å². The molecule has 0 radical (unpaired) electrons. The lowest BCUT2D eigenvalue weighted by Gasteiger charge is -2.44. The first kappa shape index (κ1) is 25.9. The molecule has 0 spiro atoms. The maximum absolute atomic E-state index is 10.5. The molecule has 30 heavy (non-hydrogen) atoms. The molecule has 2 fully saturated rings. The van der Waals surface area contributed by atoms with E-state index in [1.54, 1.807) is 0 Å². The third-order valence-electron chi connectivity index (χ3n) is 6.03. The molecule has 4 unspecified atom stereocenters. The average Bonchev–Trinajstić information content (AvgIpc) is 2.75. The van der Waals surface area contributed by atoms with Gasteiger partial charge in [-0.2, -0.15) is 0 Å². The van der Waals surface area contributed by atoms with Crippen molar-refractivity contribution in [1.29, 1.82) is 0 Å². The minimum atomic E-state index is -1.24. The molecule has 10 heteroatoms. The molecule has 2 saturated heterocycles. The molecule has 0 aromatic carbocycles. The molecule has 6 N–H and O–H groups in total. The summed E-state index contributed by atoms with van der Waals surface area (Å²) < 4.78 is 22.4. The third-order valence-corrected chi connectivity index (χ3v) is 6.03. The van der Waals surface area contributed by atoms with E-state index in [-0.39, 0.29) is 33.0 Å². The quantitative estimate of drug-likeness (QED) is 0.214. The zero-order valence-corrected chi connectivity index (χ0v) is 17.7. The van der Waals surface area contributed by atoms with Crippen LogP contribution in [0.3, 0.4) is 0 Å². The summed E-state index contributed by atoms with van der Waals surface area (Å²) in [5, 5.41) is 60.8. The highest BCUT2D eigenvalue weighted by atomic mass is 16.6. The Balaban J connectivity index is 1.91. The molecule has 0 aromatic heterocycles. The van der Waals surface area contributed by atoms with Crippen molar-refractivity contribution in [3.63, 3.8) is 0 Å². The topological polar surface area (TPSA) is 158 Å². The van der Waals surface area contributed by atoms with Gasteiger partial charge in [0.1, 0.15) is 18.3 Å². The lowest BCUT2D eigenvalue weighted by atomic mass is 9.86. The molecular formula is C20H38O10. The predicted molar refractivity (Wildman–Crippen MR) is 105 cm³/mol. The van der Waals surface area contributed by atoms with Gasteiger partial charge in [0.25, 0.3) is 0 Å². The van der Waals surface area contributed by atoms with Gasteiger partial charge in [0, 0.05) is 18.4 Å². The summed E-state index contributed by atoms with van der Waals surface area (Å²) in [6.07, 6.45) is -6.12. The Morgan fingerprint density at radius 1 is 0.633 bits per heavy atom. The minimum absolute atomic E-state index is 0.0445. The second kappa shape index (κ2) is 12.6. The fraction of sp³-hybridized carbons (Fsp3) is 1.00. The van der Waals surface area contributed by atoms with Crippen molar-refractivity contribution in [3.05, 3.63) is 0 Å². The Hall–Kier alpha value is -0.400. The zero-order valence-electron chi connectivity index (χ0n) is 17.7. The van der Waals surface area contributed by atoms with E-state index in [2.05, 4.69) is 0 Å². The van der Waals surface area contributed by atoms with Crippen LogP contribution in [0, 0.1) is 11.8 Å². The number of aliphatic hydroxyl groups excluding tert-OH is 6. The maximum atomic E-state index is 10.5. The SMILES string of the molecule is CCC[C@H]1O[C@@H](CO)[C@@H](COC[C@@H]2OC(CO)[C@H](COCC)[C@H](O)C2O)C(O)C1O. The highest BCUT2D eigenvalue weighted by molar-refractivity contribution is 4.93. The fourth-order valence-electron chi connectivity index (χ4n) is 4.20. The molecule has 0 aliphatic carbocycles. The van der Waals surface area contributed by atoms with Crippen molar-refractivity contribution in [2.45, 2.75) is 75.5 Å². The van der Waals surface area contributed by atoms with Crippen LogP contribution in [-0.2, 0) is 18.9 Å². The summed E-state index contributed by atoms with van der Waals surface area (Å²) in [5.41, 5.74) is 0. The van der Waals surface area contributed by atoms with Crippen molar-refractivity contribution >= 4 is 0 Å². The van der Waals surface area contributed by atoms with E-state index in [4.69, 9.17) is 18.9 Å². The molecule has 2 aliphatic heterocycles. The van der Waals surface area contributed by atoms with Crippen molar-refractivity contribution in [1.82, 2.24) is 0 Å². The largest absolute Gasteiger partial charge is 0.394 e. The summed E-state index contributed by atoms with van der Waals surface area (Å²) in [4.78, 5) is 0. The average molecular weight is 439 g/mol. The van der Waals surface area contributed by atoms with Crippen LogP contribution in [0.1, 0.15) is 26.7 Å². The molecule has 178 valence electrons. The molecule has 0 amide bonds. The van der Waals surface area contributed by atoms with E-state index in [1.807, 2.05) is 13.8 Å². The standard InChI is InChI=1S/C20H38O10/c1-3-5-13-19(25)17(23)12(14(6-21)29-13)9-28-10-16-20(26)18(24)11(8-27-4-2)15(7-22)30-16/h11-26H,3-10H2,1-2H3/t11-,12+,13+,14-,15?,16-,17?,18-,19?,20?/m0/s1. The smallest absolute Gasteiger partial charge is 0.110 e. The van der Waals surface area contributed by atoms with Gasteiger partial charge >= 0.3 is 0 Å². The number of rotatable bonds is 11. The first-order chi connectivity index (χ1) is 14.4. The molecule has 2 heterocycles. The van der Waals surface area contributed by atoms with Gasteiger partial charge in [-0.3, -0.25) is 0 Å². The molecule has 2 aliphatic rings. The van der Waals surface area contributed by atoms with Crippen LogP contribution < -0.4 is 0 Å². The van der Waals surface area contributed by atoms with E-state index in [0.717, 1.165) is 6.42 Å². The van der Waals surface area contributed by atoms with Gasteiger partial charge < -0.3 is 49.6 Å².